The van der Waals surface area contributed by atoms with Crippen LogP contribution in [0.15, 0.2) is 0 Å². The molecule has 2 rings (SSSR count). The van der Waals surface area contributed by atoms with Gasteiger partial charge in [0, 0.05) is 37.4 Å². The van der Waals surface area contributed by atoms with E-state index in [1.165, 1.54) is 17.0 Å². The van der Waals surface area contributed by atoms with Crippen LogP contribution in [0.25, 0.3) is 0 Å². The molecule has 1 aromatic rings. The quantitative estimate of drug-likeness (QED) is 0.761. The zero-order chi connectivity index (χ0) is 12.1. The largest absolute Gasteiger partial charge is 0.381 e. The molecule has 1 N–H and O–H groups in total. The van der Waals surface area contributed by atoms with E-state index in [9.17, 15) is 0 Å². The number of hydrogen-bond donors (Lipinski definition) is 1. The minimum atomic E-state index is 0.717. The van der Waals surface area contributed by atoms with Gasteiger partial charge in [-0.15, -0.1) is 0 Å². The molecule has 0 atom stereocenters. The summed E-state index contributed by atoms with van der Waals surface area (Å²) in [7, 11) is 0. The van der Waals surface area contributed by atoms with Gasteiger partial charge in [-0.2, -0.15) is 0 Å². The van der Waals surface area contributed by atoms with E-state index in [2.05, 4.69) is 22.2 Å². The molecule has 0 amide bonds. The Labute approximate surface area is 103 Å². The minimum Gasteiger partial charge on any atom is -0.381 e. The molecule has 17 heavy (non-hydrogen) atoms. The number of rotatable bonds is 6. The van der Waals surface area contributed by atoms with E-state index in [0.717, 1.165) is 44.8 Å². The summed E-state index contributed by atoms with van der Waals surface area (Å²) in [6.07, 6.45) is 3.00. The highest BCUT2D eigenvalue weighted by atomic mass is 16.5. The highest BCUT2D eigenvalue weighted by Crippen LogP contribution is 2.18. The van der Waals surface area contributed by atoms with Crippen molar-refractivity contribution in [3.05, 3.63) is 22.8 Å². The van der Waals surface area contributed by atoms with Crippen molar-refractivity contribution in [3.63, 3.8) is 0 Å². The third kappa shape index (κ3) is 3.01. The van der Waals surface area contributed by atoms with Crippen LogP contribution in [0.1, 0.15) is 43.0 Å². The maximum atomic E-state index is 5.36. The topological polar surface area (TPSA) is 47.0 Å². The third-order valence-corrected chi connectivity index (χ3v) is 2.98. The molecule has 0 unspecified atom stereocenters. The van der Waals surface area contributed by atoms with Crippen LogP contribution in [0.3, 0.4) is 0 Å². The summed E-state index contributed by atoms with van der Waals surface area (Å²) in [5.41, 5.74) is 3.75. The molecular weight excluding hydrogens is 214 g/mol. The number of fused-ring (bicyclic) bond motifs is 1. The van der Waals surface area contributed by atoms with E-state index in [-0.39, 0.29) is 0 Å². The standard InChI is InChI=1S/C13H21N3O/c1-3-5-11-10-8-14-9-12(10)16-13(15-11)6-7-17-4-2/h14H,3-9H2,1-2H3. The minimum absolute atomic E-state index is 0.717. The van der Waals surface area contributed by atoms with E-state index in [4.69, 9.17) is 4.74 Å². The Morgan fingerprint density at radius 1 is 1.18 bits per heavy atom. The first-order valence-corrected chi connectivity index (χ1v) is 6.51. The molecule has 0 aromatic carbocycles. The Balaban J connectivity index is 2.14. The van der Waals surface area contributed by atoms with Crippen molar-refractivity contribution < 1.29 is 4.74 Å². The second kappa shape index (κ2) is 6.07. The summed E-state index contributed by atoms with van der Waals surface area (Å²) in [5, 5.41) is 3.35. The van der Waals surface area contributed by atoms with Crippen LogP contribution in [0.5, 0.6) is 0 Å². The predicted octanol–water partition coefficient (Wildman–Crippen LogP) is 1.61. The van der Waals surface area contributed by atoms with Crippen molar-refractivity contribution in [3.8, 4) is 0 Å². The lowest BCUT2D eigenvalue weighted by atomic mass is 10.1. The SMILES string of the molecule is CCCc1nc(CCOCC)nc2c1CNC2. The van der Waals surface area contributed by atoms with E-state index < -0.39 is 0 Å². The fraction of sp³-hybridized carbons (Fsp3) is 0.692. The first-order valence-electron chi connectivity index (χ1n) is 6.51. The Kier molecular flexibility index (Phi) is 4.45. The van der Waals surface area contributed by atoms with Crippen molar-refractivity contribution in [1.82, 2.24) is 15.3 Å². The molecule has 4 heteroatoms. The van der Waals surface area contributed by atoms with E-state index >= 15 is 0 Å². The molecule has 94 valence electrons. The lowest BCUT2D eigenvalue weighted by Crippen LogP contribution is -2.09. The lowest BCUT2D eigenvalue weighted by Gasteiger charge is -2.08. The number of hydrogen-bond acceptors (Lipinski definition) is 4. The molecule has 0 saturated heterocycles. The summed E-state index contributed by atoms with van der Waals surface area (Å²) in [4.78, 5) is 9.29. The van der Waals surface area contributed by atoms with Crippen molar-refractivity contribution >= 4 is 0 Å². The first-order chi connectivity index (χ1) is 8.35. The molecule has 1 aliphatic rings. The average molecular weight is 235 g/mol. The number of nitrogens with zero attached hydrogens (tertiary/aromatic N) is 2. The maximum absolute atomic E-state index is 5.36. The van der Waals surface area contributed by atoms with Gasteiger partial charge in [0.15, 0.2) is 0 Å². The van der Waals surface area contributed by atoms with Gasteiger partial charge in [0.25, 0.3) is 0 Å². The molecule has 1 aliphatic heterocycles. The average Bonchev–Trinajstić information content (AvgIpc) is 2.78. The van der Waals surface area contributed by atoms with Crippen LogP contribution in [-0.4, -0.2) is 23.2 Å². The van der Waals surface area contributed by atoms with Crippen LogP contribution in [0, 0.1) is 0 Å². The summed E-state index contributed by atoms with van der Waals surface area (Å²) in [6, 6.07) is 0. The summed E-state index contributed by atoms with van der Waals surface area (Å²) in [6.45, 7) is 7.49. The monoisotopic (exact) mass is 235 g/mol. The van der Waals surface area contributed by atoms with Crippen molar-refractivity contribution in [2.24, 2.45) is 0 Å². The van der Waals surface area contributed by atoms with Gasteiger partial charge in [0.05, 0.1) is 12.3 Å². The van der Waals surface area contributed by atoms with Gasteiger partial charge in [0.2, 0.25) is 0 Å². The molecule has 0 saturated carbocycles. The third-order valence-electron chi connectivity index (χ3n) is 2.98. The zero-order valence-corrected chi connectivity index (χ0v) is 10.8. The first kappa shape index (κ1) is 12.5. The molecule has 0 aliphatic carbocycles. The fourth-order valence-electron chi connectivity index (χ4n) is 2.16. The van der Waals surface area contributed by atoms with Crippen molar-refractivity contribution in [1.29, 1.82) is 0 Å². The summed E-state index contributed by atoms with van der Waals surface area (Å²) < 4.78 is 5.36. The number of ether oxygens (including phenoxy) is 1. The molecule has 2 heterocycles. The van der Waals surface area contributed by atoms with Gasteiger partial charge in [0.1, 0.15) is 5.82 Å². The lowest BCUT2D eigenvalue weighted by molar-refractivity contribution is 0.149. The predicted molar refractivity (Wildman–Crippen MR) is 66.8 cm³/mol. The smallest absolute Gasteiger partial charge is 0.131 e. The molecule has 0 spiro atoms. The van der Waals surface area contributed by atoms with Crippen molar-refractivity contribution in [2.75, 3.05) is 13.2 Å². The fourth-order valence-corrected chi connectivity index (χ4v) is 2.16. The van der Waals surface area contributed by atoms with Gasteiger partial charge in [-0.05, 0) is 13.3 Å². The highest BCUT2D eigenvalue weighted by Gasteiger charge is 2.17. The van der Waals surface area contributed by atoms with E-state index in [1.54, 1.807) is 0 Å². The molecule has 0 fully saturated rings. The van der Waals surface area contributed by atoms with Gasteiger partial charge < -0.3 is 10.1 Å². The van der Waals surface area contributed by atoms with E-state index in [0.29, 0.717) is 6.61 Å². The Morgan fingerprint density at radius 3 is 2.82 bits per heavy atom. The number of aryl methyl sites for hydroxylation is 1. The number of nitrogens with one attached hydrogen (secondary N) is 1. The van der Waals surface area contributed by atoms with Gasteiger partial charge in [-0.3, -0.25) is 0 Å². The molecule has 0 bridgehead atoms. The van der Waals surface area contributed by atoms with Crippen LogP contribution in [0.4, 0.5) is 0 Å². The Hall–Kier alpha value is -1.00. The van der Waals surface area contributed by atoms with E-state index in [1.807, 2.05) is 6.92 Å². The number of aromatic nitrogens is 2. The normalized spacial score (nSPS) is 14.0. The van der Waals surface area contributed by atoms with Crippen LogP contribution in [0.2, 0.25) is 0 Å². The Bertz CT molecular complexity index is 379. The summed E-state index contributed by atoms with van der Waals surface area (Å²) >= 11 is 0. The van der Waals surface area contributed by atoms with Crippen molar-refractivity contribution in [2.45, 2.75) is 46.2 Å². The second-order valence-corrected chi connectivity index (χ2v) is 4.31. The molecule has 0 radical (unpaired) electrons. The van der Waals surface area contributed by atoms with Crippen LogP contribution < -0.4 is 5.32 Å². The Morgan fingerprint density at radius 2 is 2.06 bits per heavy atom. The van der Waals surface area contributed by atoms with Crippen LogP contribution in [-0.2, 0) is 30.7 Å². The molecule has 4 nitrogen and oxygen atoms in total. The maximum Gasteiger partial charge on any atom is 0.131 e. The van der Waals surface area contributed by atoms with Crippen LogP contribution >= 0.6 is 0 Å². The van der Waals surface area contributed by atoms with Gasteiger partial charge >= 0.3 is 0 Å². The molecular formula is C13H21N3O. The highest BCUT2D eigenvalue weighted by molar-refractivity contribution is 5.29. The zero-order valence-electron chi connectivity index (χ0n) is 10.8. The molecule has 1 aromatic heterocycles. The van der Waals surface area contributed by atoms with Gasteiger partial charge in [-0.25, -0.2) is 9.97 Å². The summed E-state index contributed by atoms with van der Waals surface area (Å²) in [5.74, 6) is 0.935. The second-order valence-electron chi connectivity index (χ2n) is 4.31. The van der Waals surface area contributed by atoms with Gasteiger partial charge in [-0.1, -0.05) is 13.3 Å².